The summed E-state index contributed by atoms with van der Waals surface area (Å²) < 4.78 is 0. The smallest absolute Gasteiger partial charge is 0.227 e. The van der Waals surface area contributed by atoms with Crippen LogP contribution < -0.4 is 10.6 Å². The first-order chi connectivity index (χ1) is 10.8. The highest BCUT2D eigenvalue weighted by Gasteiger charge is 2.25. The van der Waals surface area contributed by atoms with Crippen molar-refractivity contribution in [1.29, 1.82) is 0 Å². The van der Waals surface area contributed by atoms with Crippen molar-refractivity contribution in [3.8, 4) is 0 Å². The van der Waals surface area contributed by atoms with Gasteiger partial charge in [-0.3, -0.25) is 9.59 Å². The van der Waals surface area contributed by atoms with Crippen LogP contribution in [-0.2, 0) is 16.0 Å². The Labute approximate surface area is 150 Å². The highest BCUT2D eigenvalue weighted by Crippen LogP contribution is 2.27. The number of amides is 2. The average molecular weight is 354 g/mol. The molecule has 1 aliphatic rings. The Balaban J connectivity index is 0.00000288. The number of halogens is 1. The molecule has 0 saturated heterocycles. The maximum atomic E-state index is 12.3. The summed E-state index contributed by atoms with van der Waals surface area (Å²) in [5, 5.41) is 0. The lowest BCUT2D eigenvalue weighted by Crippen LogP contribution is -2.42. The van der Waals surface area contributed by atoms with Gasteiger partial charge in [-0.15, -0.1) is 12.4 Å². The van der Waals surface area contributed by atoms with Gasteiger partial charge < -0.3 is 15.5 Å². The van der Waals surface area contributed by atoms with E-state index in [-0.39, 0.29) is 29.6 Å². The standard InChI is InChI=1S/C18H27N3O2.ClH/c1-18(2,12-19)13-20(3)16(22)10-11-21-15-7-5-4-6-14(15)8-9-17(21)23;/h4-7H,8-13,19H2,1-3H3;1H. The van der Waals surface area contributed by atoms with Crippen LogP contribution in [0.3, 0.4) is 0 Å². The van der Waals surface area contributed by atoms with Crippen LogP contribution in [0.4, 0.5) is 5.69 Å². The van der Waals surface area contributed by atoms with E-state index in [4.69, 9.17) is 5.73 Å². The summed E-state index contributed by atoms with van der Waals surface area (Å²) in [6, 6.07) is 7.92. The predicted molar refractivity (Wildman–Crippen MR) is 99.5 cm³/mol. The zero-order valence-corrected chi connectivity index (χ0v) is 15.6. The van der Waals surface area contributed by atoms with Crippen molar-refractivity contribution < 1.29 is 9.59 Å². The van der Waals surface area contributed by atoms with Crippen molar-refractivity contribution in [3.63, 3.8) is 0 Å². The molecule has 6 heteroatoms. The average Bonchev–Trinajstić information content (AvgIpc) is 2.53. The topological polar surface area (TPSA) is 66.6 Å². The molecule has 134 valence electrons. The quantitative estimate of drug-likeness (QED) is 0.852. The molecule has 5 nitrogen and oxygen atoms in total. The third-order valence-corrected chi connectivity index (χ3v) is 4.38. The van der Waals surface area contributed by atoms with Gasteiger partial charge in [0.15, 0.2) is 0 Å². The van der Waals surface area contributed by atoms with Gasteiger partial charge in [0.25, 0.3) is 0 Å². The maximum absolute atomic E-state index is 12.3. The van der Waals surface area contributed by atoms with Crippen molar-refractivity contribution in [2.45, 2.75) is 33.1 Å². The van der Waals surface area contributed by atoms with Crippen molar-refractivity contribution >= 4 is 29.9 Å². The molecule has 2 rings (SSSR count). The van der Waals surface area contributed by atoms with E-state index >= 15 is 0 Å². The van der Waals surface area contributed by atoms with E-state index in [9.17, 15) is 9.59 Å². The Bertz CT molecular complexity index is 589. The number of para-hydroxylation sites is 1. The van der Waals surface area contributed by atoms with Crippen molar-refractivity contribution in [1.82, 2.24) is 4.90 Å². The van der Waals surface area contributed by atoms with Crippen LogP contribution in [0, 0.1) is 5.41 Å². The lowest BCUT2D eigenvalue weighted by molar-refractivity contribution is -0.130. The molecule has 0 fully saturated rings. The number of benzene rings is 1. The summed E-state index contributed by atoms with van der Waals surface area (Å²) >= 11 is 0. The first-order valence-corrected chi connectivity index (χ1v) is 8.16. The second kappa shape index (κ2) is 8.49. The maximum Gasteiger partial charge on any atom is 0.227 e. The van der Waals surface area contributed by atoms with Gasteiger partial charge in [0, 0.05) is 38.7 Å². The van der Waals surface area contributed by atoms with Crippen molar-refractivity contribution in [2.75, 3.05) is 31.6 Å². The molecule has 1 aromatic carbocycles. The summed E-state index contributed by atoms with van der Waals surface area (Å²) in [4.78, 5) is 28.0. The SMILES string of the molecule is CN(CC(C)(C)CN)C(=O)CCN1C(=O)CCc2ccccc21.Cl. The second-order valence-electron chi connectivity index (χ2n) is 7.04. The van der Waals surface area contributed by atoms with Gasteiger partial charge in [0.05, 0.1) is 0 Å². The molecular formula is C18H28ClN3O2. The number of carbonyl (C=O) groups is 2. The van der Waals surface area contributed by atoms with E-state index in [1.165, 1.54) is 5.56 Å². The van der Waals surface area contributed by atoms with Crippen molar-refractivity contribution in [3.05, 3.63) is 29.8 Å². The molecule has 0 bridgehead atoms. The molecule has 1 aliphatic heterocycles. The third kappa shape index (κ3) is 4.95. The summed E-state index contributed by atoms with van der Waals surface area (Å²) in [5.74, 6) is 0.142. The van der Waals surface area contributed by atoms with Crippen LogP contribution >= 0.6 is 12.4 Å². The van der Waals surface area contributed by atoms with E-state index in [2.05, 4.69) is 0 Å². The van der Waals surface area contributed by atoms with Gasteiger partial charge in [-0.2, -0.15) is 0 Å². The molecule has 0 radical (unpaired) electrons. The highest BCUT2D eigenvalue weighted by atomic mass is 35.5. The Morgan fingerprint density at radius 3 is 2.62 bits per heavy atom. The van der Waals surface area contributed by atoms with Gasteiger partial charge in [-0.25, -0.2) is 0 Å². The summed E-state index contributed by atoms with van der Waals surface area (Å²) in [6.07, 6.45) is 1.63. The molecule has 0 aromatic heterocycles. The molecule has 0 saturated carbocycles. The molecule has 0 aliphatic carbocycles. The number of nitrogens with two attached hydrogens (primary N) is 1. The molecule has 0 atom stereocenters. The highest BCUT2D eigenvalue weighted by molar-refractivity contribution is 5.96. The fourth-order valence-electron chi connectivity index (χ4n) is 2.93. The Morgan fingerprint density at radius 2 is 1.96 bits per heavy atom. The fourth-order valence-corrected chi connectivity index (χ4v) is 2.93. The lowest BCUT2D eigenvalue weighted by atomic mass is 9.93. The largest absolute Gasteiger partial charge is 0.345 e. The van der Waals surface area contributed by atoms with Crippen LogP contribution in [0.1, 0.15) is 32.3 Å². The Morgan fingerprint density at radius 1 is 1.29 bits per heavy atom. The molecular weight excluding hydrogens is 326 g/mol. The molecule has 2 N–H and O–H groups in total. The number of aryl methyl sites for hydroxylation is 1. The van der Waals surface area contributed by atoms with Gasteiger partial charge >= 0.3 is 0 Å². The molecule has 1 heterocycles. The van der Waals surface area contributed by atoms with Crippen LogP contribution in [0.25, 0.3) is 0 Å². The minimum absolute atomic E-state index is 0. The third-order valence-electron chi connectivity index (χ3n) is 4.38. The van der Waals surface area contributed by atoms with E-state index in [1.54, 1.807) is 16.8 Å². The molecule has 0 unspecified atom stereocenters. The van der Waals surface area contributed by atoms with Gasteiger partial charge in [-0.1, -0.05) is 32.0 Å². The Kier molecular flexibility index (Phi) is 7.24. The number of hydrogen-bond acceptors (Lipinski definition) is 3. The number of fused-ring (bicyclic) bond motifs is 1. The Hall–Kier alpha value is -1.59. The fraction of sp³-hybridized carbons (Fsp3) is 0.556. The zero-order chi connectivity index (χ0) is 17.0. The minimum Gasteiger partial charge on any atom is -0.345 e. The number of hydrogen-bond donors (Lipinski definition) is 1. The van der Waals surface area contributed by atoms with Crippen LogP contribution in [-0.4, -0.2) is 43.4 Å². The summed E-state index contributed by atoms with van der Waals surface area (Å²) in [7, 11) is 1.80. The number of nitrogens with zero attached hydrogens (tertiary/aromatic N) is 2. The molecule has 24 heavy (non-hydrogen) atoms. The van der Waals surface area contributed by atoms with Gasteiger partial charge in [-0.05, 0) is 30.0 Å². The second-order valence-corrected chi connectivity index (χ2v) is 7.04. The van der Waals surface area contributed by atoms with Gasteiger partial charge in [0.1, 0.15) is 0 Å². The molecule has 1 aromatic rings. The number of rotatable bonds is 6. The van der Waals surface area contributed by atoms with Crippen LogP contribution in [0.15, 0.2) is 24.3 Å². The lowest BCUT2D eigenvalue weighted by Gasteiger charge is -2.31. The number of carbonyl (C=O) groups excluding carboxylic acids is 2. The first kappa shape index (κ1) is 20.5. The van der Waals surface area contributed by atoms with Crippen molar-refractivity contribution in [2.24, 2.45) is 11.1 Å². The van der Waals surface area contributed by atoms with Crippen LogP contribution in [0.2, 0.25) is 0 Å². The normalized spacial score (nSPS) is 14.0. The van der Waals surface area contributed by atoms with E-state index in [0.717, 1.165) is 12.1 Å². The minimum atomic E-state index is -0.0993. The number of anilines is 1. The molecule has 2 amide bonds. The summed E-state index contributed by atoms with van der Waals surface area (Å²) in [5.41, 5.74) is 7.75. The summed E-state index contributed by atoms with van der Waals surface area (Å²) in [6.45, 7) is 5.67. The van der Waals surface area contributed by atoms with E-state index in [0.29, 0.717) is 32.5 Å². The zero-order valence-electron chi connectivity index (χ0n) is 14.7. The van der Waals surface area contributed by atoms with Gasteiger partial charge in [0.2, 0.25) is 11.8 Å². The van der Waals surface area contributed by atoms with E-state index < -0.39 is 0 Å². The first-order valence-electron chi connectivity index (χ1n) is 8.16. The molecule has 0 spiro atoms. The van der Waals surface area contributed by atoms with E-state index in [1.807, 2.05) is 38.1 Å². The predicted octanol–water partition coefficient (Wildman–Crippen LogP) is 2.22. The monoisotopic (exact) mass is 353 g/mol. The van der Waals surface area contributed by atoms with Crippen LogP contribution in [0.5, 0.6) is 0 Å².